The van der Waals surface area contributed by atoms with Gasteiger partial charge in [0.25, 0.3) is 5.91 Å². The van der Waals surface area contributed by atoms with E-state index in [0.29, 0.717) is 30.0 Å². The highest BCUT2D eigenvalue weighted by atomic mass is 16.5. The molecule has 6 nitrogen and oxygen atoms in total. The van der Waals surface area contributed by atoms with Crippen LogP contribution < -0.4 is 9.47 Å². The molecule has 0 aromatic heterocycles. The first kappa shape index (κ1) is 17.8. The Bertz CT molecular complexity index is 818. The molecule has 0 spiro atoms. The fourth-order valence-electron chi connectivity index (χ4n) is 3.40. The van der Waals surface area contributed by atoms with E-state index in [1.807, 2.05) is 12.1 Å². The summed E-state index contributed by atoms with van der Waals surface area (Å²) in [7, 11) is 3.10. The van der Waals surface area contributed by atoms with Gasteiger partial charge in [0.2, 0.25) is 0 Å². The monoisotopic (exact) mass is 355 g/mol. The molecule has 1 heterocycles. The van der Waals surface area contributed by atoms with E-state index in [0.717, 1.165) is 11.1 Å². The molecular formula is C20H21NO5. The molecule has 1 amide bonds. The zero-order valence-corrected chi connectivity index (χ0v) is 14.8. The van der Waals surface area contributed by atoms with E-state index in [1.54, 1.807) is 42.3 Å². The number of amides is 1. The van der Waals surface area contributed by atoms with Gasteiger partial charge in [0, 0.05) is 12.1 Å². The number of nitrogens with zero attached hydrogens (tertiary/aromatic N) is 1. The minimum Gasteiger partial charge on any atom is -0.493 e. The molecule has 0 aliphatic carbocycles. The van der Waals surface area contributed by atoms with Crippen LogP contribution in [0.4, 0.5) is 0 Å². The maximum absolute atomic E-state index is 13.0. The van der Waals surface area contributed by atoms with Crippen molar-refractivity contribution in [2.24, 2.45) is 0 Å². The van der Waals surface area contributed by atoms with Gasteiger partial charge in [-0.25, -0.2) is 0 Å². The van der Waals surface area contributed by atoms with E-state index in [1.165, 1.54) is 7.11 Å². The van der Waals surface area contributed by atoms with Crippen molar-refractivity contribution in [3.63, 3.8) is 0 Å². The predicted octanol–water partition coefficient (Wildman–Crippen LogP) is 2.92. The molecular weight excluding hydrogens is 334 g/mol. The number of carbonyl (C=O) groups is 2. The van der Waals surface area contributed by atoms with Gasteiger partial charge in [0.15, 0.2) is 11.5 Å². The van der Waals surface area contributed by atoms with Gasteiger partial charge < -0.3 is 19.5 Å². The quantitative estimate of drug-likeness (QED) is 0.892. The summed E-state index contributed by atoms with van der Waals surface area (Å²) in [5.41, 5.74) is 2.32. The third-order valence-electron chi connectivity index (χ3n) is 4.65. The van der Waals surface area contributed by atoms with Gasteiger partial charge in [-0.3, -0.25) is 9.59 Å². The van der Waals surface area contributed by atoms with Crippen molar-refractivity contribution in [3.05, 3.63) is 59.2 Å². The molecule has 2 aromatic rings. The van der Waals surface area contributed by atoms with Crippen LogP contribution in [0.1, 0.15) is 33.9 Å². The van der Waals surface area contributed by atoms with Crippen LogP contribution in [0, 0.1) is 0 Å². The second kappa shape index (κ2) is 7.47. The van der Waals surface area contributed by atoms with Gasteiger partial charge in [0.1, 0.15) is 0 Å². The maximum Gasteiger partial charge on any atom is 0.305 e. The van der Waals surface area contributed by atoms with Gasteiger partial charge in [0.05, 0.1) is 26.7 Å². The number of rotatable bonds is 5. The summed E-state index contributed by atoms with van der Waals surface area (Å²) in [6, 6.07) is 12.0. The van der Waals surface area contributed by atoms with Crippen LogP contribution in [0.5, 0.6) is 11.5 Å². The van der Waals surface area contributed by atoms with Gasteiger partial charge in [-0.2, -0.15) is 0 Å². The van der Waals surface area contributed by atoms with Crippen LogP contribution >= 0.6 is 0 Å². The second-order valence-corrected chi connectivity index (χ2v) is 6.13. The van der Waals surface area contributed by atoms with Crippen LogP contribution in [0.15, 0.2) is 42.5 Å². The molecule has 26 heavy (non-hydrogen) atoms. The molecule has 0 bridgehead atoms. The van der Waals surface area contributed by atoms with E-state index in [9.17, 15) is 14.7 Å². The number of carboxylic acids is 1. The summed E-state index contributed by atoms with van der Waals surface area (Å²) in [5.74, 6) is -0.000378. The van der Waals surface area contributed by atoms with E-state index >= 15 is 0 Å². The average Bonchev–Trinajstić information content (AvgIpc) is 2.67. The molecule has 0 saturated heterocycles. The van der Waals surface area contributed by atoms with E-state index < -0.39 is 12.0 Å². The molecule has 6 heteroatoms. The highest BCUT2D eigenvalue weighted by Gasteiger charge is 2.34. The zero-order chi connectivity index (χ0) is 18.7. The summed E-state index contributed by atoms with van der Waals surface area (Å²) in [6.45, 7) is 0.453. The third-order valence-corrected chi connectivity index (χ3v) is 4.65. The van der Waals surface area contributed by atoms with Gasteiger partial charge in [-0.1, -0.05) is 18.2 Å². The van der Waals surface area contributed by atoms with Crippen molar-refractivity contribution in [1.29, 1.82) is 0 Å². The minimum atomic E-state index is -0.955. The Balaban J connectivity index is 2.04. The Hall–Kier alpha value is -3.02. The standard InChI is InChI=1S/C20H21NO5/c1-25-17-10-14-8-9-21(20(24)13-6-4-3-5-7-13)16(12-19(22)23)15(14)11-18(17)26-2/h3-7,10-11,16H,8-9,12H2,1-2H3,(H,22,23)/t16-/m0/s1. The highest BCUT2D eigenvalue weighted by molar-refractivity contribution is 5.95. The Labute approximate surface area is 152 Å². The lowest BCUT2D eigenvalue weighted by atomic mass is 9.89. The first-order chi connectivity index (χ1) is 12.5. The fraction of sp³-hybridized carbons (Fsp3) is 0.300. The number of carbonyl (C=O) groups excluding carboxylic acids is 1. The van der Waals surface area contributed by atoms with Crippen molar-refractivity contribution in [1.82, 2.24) is 4.90 Å². The van der Waals surface area contributed by atoms with E-state index in [2.05, 4.69) is 0 Å². The number of methoxy groups -OCH3 is 2. The Morgan fingerprint density at radius 1 is 1.12 bits per heavy atom. The molecule has 0 radical (unpaired) electrons. The minimum absolute atomic E-state index is 0.166. The van der Waals surface area contributed by atoms with E-state index in [4.69, 9.17) is 9.47 Å². The van der Waals surface area contributed by atoms with Gasteiger partial charge >= 0.3 is 5.97 Å². The van der Waals surface area contributed by atoms with Crippen molar-refractivity contribution < 1.29 is 24.2 Å². The summed E-state index contributed by atoms with van der Waals surface area (Å²) in [6.07, 6.45) is 0.464. The number of aliphatic carboxylic acids is 1. The Kier molecular flexibility index (Phi) is 5.11. The number of fused-ring (bicyclic) bond motifs is 1. The molecule has 1 aliphatic heterocycles. The van der Waals surface area contributed by atoms with Crippen LogP contribution in [0.2, 0.25) is 0 Å². The topological polar surface area (TPSA) is 76.1 Å². The normalized spacial score (nSPS) is 15.9. The highest BCUT2D eigenvalue weighted by Crippen LogP contribution is 2.39. The van der Waals surface area contributed by atoms with Gasteiger partial charge in [-0.15, -0.1) is 0 Å². The Morgan fingerprint density at radius 2 is 1.77 bits per heavy atom. The molecule has 0 saturated carbocycles. The zero-order valence-electron chi connectivity index (χ0n) is 14.8. The lowest BCUT2D eigenvalue weighted by Gasteiger charge is -2.37. The number of hydrogen-bond acceptors (Lipinski definition) is 4. The lowest BCUT2D eigenvalue weighted by Crippen LogP contribution is -2.41. The molecule has 1 aliphatic rings. The van der Waals surface area contributed by atoms with Crippen LogP contribution in [-0.4, -0.2) is 42.6 Å². The van der Waals surface area contributed by atoms with Crippen molar-refractivity contribution in [2.45, 2.75) is 18.9 Å². The average molecular weight is 355 g/mol. The van der Waals surface area contributed by atoms with Gasteiger partial charge in [-0.05, 0) is 41.8 Å². The van der Waals surface area contributed by atoms with E-state index in [-0.39, 0.29) is 12.3 Å². The number of benzene rings is 2. The van der Waals surface area contributed by atoms with Crippen LogP contribution in [0.25, 0.3) is 0 Å². The molecule has 1 atom stereocenters. The molecule has 0 fully saturated rings. The number of carboxylic acid groups (broad SMARTS) is 1. The SMILES string of the molecule is COc1cc2c(cc1OC)[C@H](CC(=O)O)N(C(=O)c1ccccc1)CC2. The second-order valence-electron chi connectivity index (χ2n) is 6.13. The summed E-state index contributed by atoms with van der Waals surface area (Å²) in [5, 5.41) is 9.39. The molecule has 0 unspecified atom stereocenters. The summed E-state index contributed by atoms with van der Waals surface area (Å²) in [4.78, 5) is 26.1. The van der Waals surface area contributed by atoms with Crippen LogP contribution in [0.3, 0.4) is 0 Å². The molecule has 1 N–H and O–H groups in total. The largest absolute Gasteiger partial charge is 0.493 e. The van der Waals surface area contributed by atoms with Crippen molar-refractivity contribution in [3.8, 4) is 11.5 Å². The molecule has 3 rings (SSSR count). The first-order valence-electron chi connectivity index (χ1n) is 8.37. The number of ether oxygens (including phenoxy) is 2. The third kappa shape index (κ3) is 3.35. The molecule has 136 valence electrons. The lowest BCUT2D eigenvalue weighted by molar-refractivity contribution is -0.138. The molecule has 2 aromatic carbocycles. The predicted molar refractivity (Wildman–Crippen MR) is 95.7 cm³/mol. The smallest absolute Gasteiger partial charge is 0.305 e. The summed E-state index contributed by atoms with van der Waals surface area (Å²) < 4.78 is 10.7. The van der Waals surface area contributed by atoms with Crippen LogP contribution in [-0.2, 0) is 11.2 Å². The number of hydrogen-bond donors (Lipinski definition) is 1. The van der Waals surface area contributed by atoms with Crippen molar-refractivity contribution in [2.75, 3.05) is 20.8 Å². The maximum atomic E-state index is 13.0. The van der Waals surface area contributed by atoms with Crippen molar-refractivity contribution >= 4 is 11.9 Å². The first-order valence-corrected chi connectivity index (χ1v) is 8.37. The fourth-order valence-corrected chi connectivity index (χ4v) is 3.40. The summed E-state index contributed by atoms with van der Waals surface area (Å²) >= 11 is 0. The Morgan fingerprint density at radius 3 is 2.38 bits per heavy atom.